The molecule has 0 fully saturated rings. The van der Waals surface area contributed by atoms with Crippen LogP contribution in [0.4, 0.5) is 5.82 Å². The molecule has 0 saturated carbocycles. The molecule has 1 aromatic carbocycles. The quantitative estimate of drug-likeness (QED) is 0.847. The summed E-state index contributed by atoms with van der Waals surface area (Å²) in [5.41, 5.74) is 7.86. The van der Waals surface area contributed by atoms with Crippen molar-refractivity contribution in [2.24, 2.45) is 0 Å². The van der Waals surface area contributed by atoms with Gasteiger partial charge in [-0.3, -0.25) is 0 Å². The van der Waals surface area contributed by atoms with Crippen LogP contribution in [0.25, 0.3) is 5.69 Å². The zero-order valence-electron chi connectivity index (χ0n) is 9.26. The second-order valence-electron chi connectivity index (χ2n) is 3.56. The van der Waals surface area contributed by atoms with Crippen molar-refractivity contribution in [1.82, 2.24) is 9.78 Å². The van der Waals surface area contributed by atoms with Crippen LogP contribution < -0.4 is 5.73 Å². The summed E-state index contributed by atoms with van der Waals surface area (Å²) in [7, 11) is 1.70. The van der Waals surface area contributed by atoms with Crippen LogP contribution in [-0.2, 0) is 11.2 Å². The van der Waals surface area contributed by atoms with Crippen molar-refractivity contribution in [2.45, 2.75) is 6.42 Å². The number of benzene rings is 1. The summed E-state index contributed by atoms with van der Waals surface area (Å²) in [6.07, 6.45) is 2.73. The van der Waals surface area contributed by atoms with E-state index in [0.717, 1.165) is 12.1 Å². The number of methoxy groups -OCH3 is 1. The van der Waals surface area contributed by atoms with Crippen molar-refractivity contribution in [2.75, 3.05) is 19.5 Å². The Kier molecular flexibility index (Phi) is 3.22. The molecule has 4 heteroatoms. The molecule has 2 N–H and O–H groups in total. The molecule has 2 aromatic rings. The number of hydrogen-bond donors (Lipinski definition) is 1. The van der Waals surface area contributed by atoms with Crippen molar-refractivity contribution in [1.29, 1.82) is 0 Å². The number of para-hydroxylation sites is 1. The highest BCUT2D eigenvalue weighted by Gasteiger charge is 2.04. The van der Waals surface area contributed by atoms with Gasteiger partial charge in [0.25, 0.3) is 0 Å². The molecule has 1 heterocycles. The van der Waals surface area contributed by atoms with Gasteiger partial charge in [0, 0.05) is 19.4 Å². The molecule has 0 radical (unpaired) electrons. The lowest BCUT2D eigenvalue weighted by atomic mass is 10.1. The maximum absolute atomic E-state index is 5.61. The molecule has 1 aromatic heterocycles. The highest BCUT2D eigenvalue weighted by molar-refractivity contribution is 5.42. The Bertz CT molecular complexity index is 465. The van der Waals surface area contributed by atoms with Crippen LogP contribution in [0.5, 0.6) is 0 Å². The monoisotopic (exact) mass is 217 g/mol. The van der Waals surface area contributed by atoms with E-state index in [4.69, 9.17) is 10.5 Å². The van der Waals surface area contributed by atoms with Gasteiger partial charge in [-0.25, -0.2) is 4.68 Å². The minimum atomic E-state index is 0.529. The Labute approximate surface area is 94.6 Å². The molecule has 0 aliphatic rings. The topological polar surface area (TPSA) is 53.1 Å². The lowest BCUT2D eigenvalue weighted by molar-refractivity contribution is 0.202. The van der Waals surface area contributed by atoms with Crippen LogP contribution in [0.1, 0.15) is 5.56 Å². The maximum Gasteiger partial charge on any atom is 0.145 e. The number of ether oxygens (including phenoxy) is 1. The van der Waals surface area contributed by atoms with Crippen LogP contribution >= 0.6 is 0 Å². The van der Waals surface area contributed by atoms with Gasteiger partial charge in [0.15, 0.2) is 0 Å². The fourth-order valence-corrected chi connectivity index (χ4v) is 1.63. The Balaban J connectivity index is 2.32. The molecule has 0 saturated heterocycles. The van der Waals surface area contributed by atoms with Crippen molar-refractivity contribution >= 4 is 5.82 Å². The molecular weight excluding hydrogens is 202 g/mol. The molecule has 16 heavy (non-hydrogen) atoms. The van der Waals surface area contributed by atoms with E-state index in [9.17, 15) is 0 Å². The summed E-state index contributed by atoms with van der Waals surface area (Å²) in [5, 5.41) is 4.20. The predicted molar refractivity (Wildman–Crippen MR) is 63.6 cm³/mol. The standard InChI is InChI=1S/C12H15N3O/c1-16-9-7-10-4-2-3-5-11(10)15-8-6-12(13)14-15/h2-6,8H,7,9H2,1H3,(H2,13,14). The SMILES string of the molecule is COCCc1ccccc1-n1ccc(N)n1. The number of rotatable bonds is 4. The van der Waals surface area contributed by atoms with Crippen LogP contribution in [0, 0.1) is 0 Å². The van der Waals surface area contributed by atoms with Crippen molar-refractivity contribution in [3.63, 3.8) is 0 Å². The van der Waals surface area contributed by atoms with E-state index < -0.39 is 0 Å². The van der Waals surface area contributed by atoms with Crippen molar-refractivity contribution in [3.05, 3.63) is 42.1 Å². The summed E-state index contributed by atoms with van der Waals surface area (Å²) in [6.45, 7) is 0.702. The minimum absolute atomic E-state index is 0.529. The minimum Gasteiger partial charge on any atom is -0.384 e. The lowest BCUT2D eigenvalue weighted by Crippen LogP contribution is -2.03. The number of aromatic nitrogens is 2. The number of hydrogen-bond acceptors (Lipinski definition) is 3. The summed E-state index contributed by atoms with van der Waals surface area (Å²) in [4.78, 5) is 0. The van der Waals surface area contributed by atoms with Crippen LogP contribution in [-0.4, -0.2) is 23.5 Å². The van der Waals surface area contributed by atoms with Gasteiger partial charge in [0.2, 0.25) is 0 Å². The smallest absolute Gasteiger partial charge is 0.145 e. The van der Waals surface area contributed by atoms with E-state index in [0.29, 0.717) is 12.4 Å². The third-order valence-electron chi connectivity index (χ3n) is 2.42. The van der Waals surface area contributed by atoms with E-state index in [2.05, 4.69) is 11.2 Å². The molecule has 2 rings (SSSR count). The Morgan fingerprint density at radius 3 is 2.81 bits per heavy atom. The number of nitrogens with zero attached hydrogens (tertiary/aromatic N) is 2. The molecule has 84 valence electrons. The zero-order chi connectivity index (χ0) is 11.4. The van der Waals surface area contributed by atoms with Gasteiger partial charge < -0.3 is 10.5 Å². The van der Waals surface area contributed by atoms with Crippen LogP contribution in [0.3, 0.4) is 0 Å². The Morgan fingerprint density at radius 2 is 2.12 bits per heavy atom. The zero-order valence-corrected chi connectivity index (χ0v) is 9.26. The van der Waals surface area contributed by atoms with Gasteiger partial charge in [-0.05, 0) is 18.1 Å². The molecular formula is C12H15N3O. The van der Waals surface area contributed by atoms with E-state index in [1.54, 1.807) is 17.9 Å². The van der Waals surface area contributed by atoms with Gasteiger partial charge in [0.1, 0.15) is 5.82 Å². The first-order valence-electron chi connectivity index (χ1n) is 5.19. The largest absolute Gasteiger partial charge is 0.384 e. The first kappa shape index (κ1) is 10.7. The van der Waals surface area contributed by atoms with Gasteiger partial charge in [-0.2, -0.15) is 5.10 Å². The van der Waals surface area contributed by atoms with Crippen LogP contribution in [0.15, 0.2) is 36.5 Å². The van der Waals surface area contributed by atoms with Gasteiger partial charge in [0.05, 0.1) is 12.3 Å². The fraction of sp³-hybridized carbons (Fsp3) is 0.250. The number of nitrogens with two attached hydrogens (primary N) is 1. The van der Waals surface area contributed by atoms with Crippen molar-refractivity contribution < 1.29 is 4.74 Å². The first-order valence-corrected chi connectivity index (χ1v) is 5.19. The molecule has 0 amide bonds. The number of anilines is 1. The molecule has 0 aliphatic heterocycles. The normalized spacial score (nSPS) is 10.6. The second kappa shape index (κ2) is 4.81. The third kappa shape index (κ3) is 2.23. The van der Waals surface area contributed by atoms with Gasteiger partial charge in [-0.15, -0.1) is 0 Å². The first-order chi connectivity index (χ1) is 7.81. The highest BCUT2D eigenvalue weighted by atomic mass is 16.5. The molecule has 4 nitrogen and oxygen atoms in total. The van der Waals surface area contributed by atoms with Crippen molar-refractivity contribution in [3.8, 4) is 5.69 Å². The molecule has 0 bridgehead atoms. The van der Waals surface area contributed by atoms with E-state index in [1.807, 2.05) is 24.4 Å². The highest BCUT2D eigenvalue weighted by Crippen LogP contribution is 2.15. The second-order valence-corrected chi connectivity index (χ2v) is 3.56. The average molecular weight is 217 g/mol. The van der Waals surface area contributed by atoms with E-state index in [-0.39, 0.29) is 0 Å². The average Bonchev–Trinajstić information content (AvgIpc) is 2.73. The summed E-state index contributed by atoms with van der Waals surface area (Å²) in [6, 6.07) is 9.89. The Morgan fingerprint density at radius 1 is 1.31 bits per heavy atom. The summed E-state index contributed by atoms with van der Waals surface area (Å²) >= 11 is 0. The number of nitrogen functional groups attached to an aromatic ring is 1. The summed E-state index contributed by atoms with van der Waals surface area (Å²) < 4.78 is 6.88. The molecule has 0 unspecified atom stereocenters. The summed E-state index contributed by atoms with van der Waals surface area (Å²) in [5.74, 6) is 0.529. The fourth-order valence-electron chi connectivity index (χ4n) is 1.63. The third-order valence-corrected chi connectivity index (χ3v) is 2.42. The maximum atomic E-state index is 5.61. The molecule has 0 atom stereocenters. The Hall–Kier alpha value is -1.81. The predicted octanol–water partition coefficient (Wildman–Crippen LogP) is 1.64. The lowest BCUT2D eigenvalue weighted by Gasteiger charge is -2.08. The van der Waals surface area contributed by atoms with Gasteiger partial charge in [-0.1, -0.05) is 18.2 Å². The molecule has 0 spiro atoms. The van der Waals surface area contributed by atoms with Crippen LogP contribution in [0.2, 0.25) is 0 Å². The molecule has 0 aliphatic carbocycles. The van der Waals surface area contributed by atoms with E-state index in [1.165, 1.54) is 5.56 Å². The van der Waals surface area contributed by atoms with E-state index >= 15 is 0 Å². The van der Waals surface area contributed by atoms with Gasteiger partial charge >= 0.3 is 0 Å².